The van der Waals surface area contributed by atoms with Crippen LogP contribution in [0.15, 0.2) is 12.1 Å². The average molecular weight is 321 g/mol. The molecule has 0 radical (unpaired) electrons. The number of rotatable bonds is 5. The molecule has 1 fully saturated rings. The highest BCUT2D eigenvalue weighted by Crippen LogP contribution is 2.32. The maximum atomic E-state index is 12.5. The van der Waals surface area contributed by atoms with Crippen molar-refractivity contribution in [3.63, 3.8) is 0 Å². The zero-order chi connectivity index (χ0) is 17.0. The predicted octanol–water partition coefficient (Wildman–Crippen LogP) is 2.02. The molecule has 1 aliphatic rings. The molecule has 1 aromatic carbocycles. The second-order valence-corrected chi connectivity index (χ2v) is 5.76. The Labute approximate surface area is 136 Å². The van der Waals surface area contributed by atoms with Crippen LogP contribution >= 0.6 is 0 Å². The number of likely N-dealkylation sites (tertiary alicyclic amines) is 1. The minimum absolute atomic E-state index is 0.158. The summed E-state index contributed by atoms with van der Waals surface area (Å²) in [6.07, 6.45) is 2.37. The first-order chi connectivity index (χ1) is 11.0. The first-order valence-electron chi connectivity index (χ1n) is 7.71. The van der Waals surface area contributed by atoms with Gasteiger partial charge < -0.3 is 19.5 Å². The van der Waals surface area contributed by atoms with E-state index in [1.807, 2.05) is 13.0 Å². The number of nitrogens with zero attached hydrogens (tertiary/aromatic N) is 1. The highest BCUT2D eigenvalue weighted by Gasteiger charge is 2.31. The van der Waals surface area contributed by atoms with Crippen LogP contribution in [-0.4, -0.2) is 48.7 Å². The molecular weight excluding hydrogens is 298 g/mol. The fourth-order valence-electron chi connectivity index (χ4n) is 3.09. The molecule has 2 rings (SSSR count). The van der Waals surface area contributed by atoms with Crippen molar-refractivity contribution in [2.45, 2.75) is 38.6 Å². The van der Waals surface area contributed by atoms with Crippen LogP contribution in [0.25, 0.3) is 0 Å². The molecule has 0 spiro atoms. The van der Waals surface area contributed by atoms with E-state index in [2.05, 4.69) is 0 Å². The van der Waals surface area contributed by atoms with Crippen LogP contribution in [0.4, 0.5) is 0 Å². The van der Waals surface area contributed by atoms with Gasteiger partial charge in [-0.15, -0.1) is 0 Å². The Morgan fingerprint density at radius 3 is 2.61 bits per heavy atom. The number of carboxylic acid groups (broad SMARTS) is 1. The number of carbonyl (C=O) groups excluding carboxylic acids is 1. The fourth-order valence-corrected chi connectivity index (χ4v) is 3.09. The van der Waals surface area contributed by atoms with Gasteiger partial charge in [-0.3, -0.25) is 4.79 Å². The van der Waals surface area contributed by atoms with Crippen LogP contribution in [0, 0.1) is 6.92 Å². The highest BCUT2D eigenvalue weighted by atomic mass is 16.5. The Hall–Kier alpha value is -2.24. The van der Waals surface area contributed by atoms with Crippen molar-refractivity contribution in [1.29, 1.82) is 0 Å². The molecule has 1 atom stereocenters. The third kappa shape index (κ3) is 3.75. The number of benzene rings is 1. The van der Waals surface area contributed by atoms with Crippen molar-refractivity contribution in [1.82, 2.24) is 4.90 Å². The number of carboxylic acids is 1. The minimum Gasteiger partial charge on any atom is -0.493 e. The van der Waals surface area contributed by atoms with E-state index in [4.69, 9.17) is 9.47 Å². The molecule has 1 aliphatic heterocycles. The summed E-state index contributed by atoms with van der Waals surface area (Å²) in [6.45, 7) is 2.39. The molecule has 1 amide bonds. The fraction of sp³-hybridized carbons (Fsp3) is 0.529. The Morgan fingerprint density at radius 2 is 2.00 bits per heavy atom. The van der Waals surface area contributed by atoms with Gasteiger partial charge in [-0.1, -0.05) is 6.07 Å². The first-order valence-corrected chi connectivity index (χ1v) is 7.71. The molecular formula is C17H23NO5. The maximum Gasteiger partial charge on any atom is 0.326 e. The monoisotopic (exact) mass is 321 g/mol. The summed E-state index contributed by atoms with van der Waals surface area (Å²) in [4.78, 5) is 25.4. The van der Waals surface area contributed by atoms with Crippen LogP contribution in [0.1, 0.15) is 30.4 Å². The van der Waals surface area contributed by atoms with E-state index in [9.17, 15) is 14.7 Å². The van der Waals surface area contributed by atoms with E-state index < -0.39 is 12.0 Å². The number of methoxy groups -OCH3 is 2. The van der Waals surface area contributed by atoms with Gasteiger partial charge in [-0.05, 0) is 43.4 Å². The van der Waals surface area contributed by atoms with Crippen molar-refractivity contribution < 1.29 is 24.2 Å². The smallest absolute Gasteiger partial charge is 0.326 e. The minimum atomic E-state index is -0.929. The number of piperidine rings is 1. The summed E-state index contributed by atoms with van der Waals surface area (Å²) >= 11 is 0. The van der Waals surface area contributed by atoms with Crippen molar-refractivity contribution in [2.24, 2.45) is 0 Å². The molecule has 0 bridgehead atoms. The Kier molecular flexibility index (Phi) is 5.47. The molecule has 0 aliphatic carbocycles. The Morgan fingerprint density at radius 1 is 1.26 bits per heavy atom. The average Bonchev–Trinajstić information content (AvgIpc) is 2.54. The second-order valence-electron chi connectivity index (χ2n) is 5.76. The van der Waals surface area contributed by atoms with E-state index >= 15 is 0 Å². The molecule has 1 heterocycles. The summed E-state index contributed by atoms with van der Waals surface area (Å²) in [6, 6.07) is 2.93. The molecule has 0 saturated carbocycles. The van der Waals surface area contributed by atoms with Crippen LogP contribution < -0.4 is 9.47 Å². The summed E-state index contributed by atoms with van der Waals surface area (Å²) < 4.78 is 10.6. The van der Waals surface area contributed by atoms with Gasteiger partial charge in [-0.25, -0.2) is 4.79 Å². The summed E-state index contributed by atoms with van der Waals surface area (Å²) in [5.74, 6) is 0.124. The third-order valence-electron chi connectivity index (χ3n) is 4.19. The predicted molar refractivity (Wildman–Crippen MR) is 85.0 cm³/mol. The Balaban J connectivity index is 2.19. The van der Waals surface area contributed by atoms with Gasteiger partial charge in [0.15, 0.2) is 11.5 Å². The number of ether oxygens (including phenoxy) is 2. The lowest BCUT2D eigenvalue weighted by atomic mass is 10.00. The molecule has 1 aromatic rings. The van der Waals surface area contributed by atoms with Gasteiger partial charge in [0.25, 0.3) is 0 Å². The van der Waals surface area contributed by atoms with Gasteiger partial charge in [-0.2, -0.15) is 0 Å². The SMILES string of the molecule is COc1cc(CC(=O)N2CCCCC2C(=O)O)cc(C)c1OC. The first kappa shape index (κ1) is 17.1. The summed E-state index contributed by atoms with van der Waals surface area (Å²) in [5, 5.41) is 9.29. The lowest BCUT2D eigenvalue weighted by Gasteiger charge is -2.33. The normalized spacial score (nSPS) is 17.7. The van der Waals surface area contributed by atoms with E-state index in [1.54, 1.807) is 20.3 Å². The maximum absolute atomic E-state index is 12.5. The van der Waals surface area contributed by atoms with Crippen molar-refractivity contribution >= 4 is 11.9 Å². The summed E-state index contributed by atoms with van der Waals surface area (Å²) in [7, 11) is 3.12. The zero-order valence-corrected chi connectivity index (χ0v) is 13.8. The summed E-state index contributed by atoms with van der Waals surface area (Å²) in [5.41, 5.74) is 1.67. The second kappa shape index (κ2) is 7.35. The van der Waals surface area contributed by atoms with Crippen LogP contribution in [-0.2, 0) is 16.0 Å². The van der Waals surface area contributed by atoms with Gasteiger partial charge in [0.1, 0.15) is 6.04 Å². The number of carbonyl (C=O) groups is 2. The van der Waals surface area contributed by atoms with E-state index in [-0.39, 0.29) is 12.3 Å². The van der Waals surface area contributed by atoms with Crippen molar-refractivity contribution in [2.75, 3.05) is 20.8 Å². The van der Waals surface area contributed by atoms with Crippen LogP contribution in [0.2, 0.25) is 0 Å². The van der Waals surface area contributed by atoms with E-state index in [0.717, 1.165) is 24.0 Å². The van der Waals surface area contributed by atoms with Gasteiger partial charge in [0.2, 0.25) is 5.91 Å². The lowest BCUT2D eigenvalue weighted by Crippen LogP contribution is -2.48. The molecule has 1 saturated heterocycles. The number of aliphatic carboxylic acids is 1. The Bertz CT molecular complexity index is 599. The number of hydrogen-bond acceptors (Lipinski definition) is 4. The van der Waals surface area contributed by atoms with E-state index in [0.29, 0.717) is 24.5 Å². The van der Waals surface area contributed by atoms with Crippen LogP contribution in [0.3, 0.4) is 0 Å². The molecule has 23 heavy (non-hydrogen) atoms. The molecule has 126 valence electrons. The molecule has 0 aromatic heterocycles. The standard InChI is InChI=1S/C17H23NO5/c1-11-8-12(9-14(22-2)16(11)23-3)10-15(19)18-7-5-4-6-13(18)17(20)21/h8-9,13H,4-7,10H2,1-3H3,(H,20,21). The van der Waals surface area contributed by atoms with Gasteiger partial charge >= 0.3 is 5.97 Å². The van der Waals surface area contributed by atoms with Gasteiger partial charge in [0.05, 0.1) is 20.6 Å². The van der Waals surface area contributed by atoms with Crippen molar-refractivity contribution in [3.8, 4) is 11.5 Å². The topological polar surface area (TPSA) is 76.1 Å². The molecule has 6 nitrogen and oxygen atoms in total. The molecule has 6 heteroatoms. The van der Waals surface area contributed by atoms with Crippen LogP contribution in [0.5, 0.6) is 11.5 Å². The zero-order valence-electron chi connectivity index (χ0n) is 13.8. The van der Waals surface area contributed by atoms with E-state index in [1.165, 1.54) is 4.90 Å². The number of amides is 1. The molecule has 1 N–H and O–H groups in total. The largest absolute Gasteiger partial charge is 0.493 e. The molecule has 1 unspecified atom stereocenters. The quantitative estimate of drug-likeness (QED) is 0.898. The van der Waals surface area contributed by atoms with Gasteiger partial charge in [0, 0.05) is 6.54 Å². The number of aryl methyl sites for hydroxylation is 1. The highest BCUT2D eigenvalue weighted by molar-refractivity contribution is 5.85. The third-order valence-corrected chi connectivity index (χ3v) is 4.19. The number of hydrogen-bond donors (Lipinski definition) is 1. The van der Waals surface area contributed by atoms with Crippen molar-refractivity contribution in [3.05, 3.63) is 23.3 Å². The lowest BCUT2D eigenvalue weighted by molar-refractivity contribution is -0.151.